The zero-order chi connectivity index (χ0) is 17.5. The Morgan fingerprint density at radius 1 is 1.17 bits per heavy atom. The third-order valence-electron chi connectivity index (χ3n) is 3.77. The highest BCUT2D eigenvalue weighted by Gasteiger charge is 2.24. The van der Waals surface area contributed by atoms with Crippen LogP contribution in [-0.2, 0) is 22.4 Å². The van der Waals surface area contributed by atoms with Crippen LogP contribution >= 0.6 is 11.3 Å². The summed E-state index contributed by atoms with van der Waals surface area (Å²) in [6.45, 7) is 6.07. The van der Waals surface area contributed by atoms with E-state index < -0.39 is 12.0 Å². The predicted octanol–water partition coefficient (Wildman–Crippen LogP) is 3.52. The number of thiophene rings is 1. The molecule has 1 heterocycles. The summed E-state index contributed by atoms with van der Waals surface area (Å²) >= 11 is 1.39. The molecule has 4 nitrogen and oxygen atoms in total. The molecule has 2 aromatic rings. The Morgan fingerprint density at radius 3 is 2.50 bits per heavy atom. The van der Waals surface area contributed by atoms with Crippen LogP contribution in [0.15, 0.2) is 35.7 Å². The Labute approximate surface area is 146 Å². The van der Waals surface area contributed by atoms with E-state index in [1.807, 2.05) is 49.6 Å². The topological polar surface area (TPSA) is 55.4 Å². The van der Waals surface area contributed by atoms with E-state index in [1.54, 1.807) is 6.92 Å². The molecular formula is C19H23NO3S. The summed E-state index contributed by atoms with van der Waals surface area (Å²) in [4.78, 5) is 25.4. The molecule has 0 spiro atoms. The summed E-state index contributed by atoms with van der Waals surface area (Å²) in [5.74, 6) is -0.618. The minimum atomic E-state index is -0.688. The zero-order valence-electron chi connectivity index (χ0n) is 14.3. The van der Waals surface area contributed by atoms with Crippen LogP contribution in [0.3, 0.4) is 0 Å². The van der Waals surface area contributed by atoms with Crippen molar-refractivity contribution in [3.05, 3.63) is 57.3 Å². The van der Waals surface area contributed by atoms with E-state index >= 15 is 0 Å². The molecule has 0 saturated heterocycles. The number of carbonyl (C=O) groups is 2. The third-order valence-corrected chi connectivity index (χ3v) is 4.73. The first-order valence-electron chi connectivity index (χ1n) is 8.14. The highest BCUT2D eigenvalue weighted by molar-refractivity contribution is 7.12. The number of amides is 1. The van der Waals surface area contributed by atoms with Crippen molar-refractivity contribution in [2.24, 2.45) is 0 Å². The standard InChI is InChI=1S/C19H23NO3S/c1-4-15-10-11-24-17(15)18(21)20-16(19(22)23-5-2)12-14-8-6-13(3)7-9-14/h6-11,16H,4-5,12H2,1-3H3,(H,20,21)/t16-/m0/s1. The molecule has 0 aliphatic carbocycles. The number of hydrogen-bond donors (Lipinski definition) is 1. The number of rotatable bonds is 7. The van der Waals surface area contributed by atoms with Gasteiger partial charge in [0.25, 0.3) is 5.91 Å². The molecule has 0 aliphatic rings. The van der Waals surface area contributed by atoms with Crippen molar-refractivity contribution >= 4 is 23.2 Å². The molecule has 1 N–H and O–H groups in total. The lowest BCUT2D eigenvalue weighted by Crippen LogP contribution is -2.43. The Bertz CT molecular complexity index is 691. The summed E-state index contributed by atoms with van der Waals surface area (Å²) in [6.07, 6.45) is 1.20. The molecule has 0 fully saturated rings. The van der Waals surface area contributed by atoms with E-state index in [-0.39, 0.29) is 12.5 Å². The van der Waals surface area contributed by atoms with Crippen LogP contribution in [0.1, 0.15) is 40.2 Å². The first-order valence-corrected chi connectivity index (χ1v) is 9.02. The molecule has 24 heavy (non-hydrogen) atoms. The molecular weight excluding hydrogens is 322 g/mol. The number of carbonyl (C=O) groups excluding carboxylic acids is 2. The molecule has 1 amide bonds. The summed E-state index contributed by atoms with van der Waals surface area (Å²) in [5, 5.41) is 4.73. The van der Waals surface area contributed by atoms with Crippen LogP contribution in [0, 0.1) is 6.92 Å². The van der Waals surface area contributed by atoms with Gasteiger partial charge in [0.05, 0.1) is 11.5 Å². The van der Waals surface area contributed by atoms with Gasteiger partial charge in [-0.1, -0.05) is 36.8 Å². The minimum absolute atomic E-state index is 0.216. The van der Waals surface area contributed by atoms with Gasteiger partial charge < -0.3 is 10.1 Å². The molecule has 2 rings (SSSR count). The van der Waals surface area contributed by atoms with Crippen LogP contribution in [0.5, 0.6) is 0 Å². The summed E-state index contributed by atoms with van der Waals surface area (Å²) in [7, 11) is 0. The van der Waals surface area contributed by atoms with Crippen LogP contribution < -0.4 is 5.32 Å². The fourth-order valence-corrected chi connectivity index (χ4v) is 3.33. The maximum absolute atomic E-state index is 12.5. The first-order chi connectivity index (χ1) is 11.5. The third kappa shape index (κ3) is 4.68. The van der Waals surface area contributed by atoms with E-state index in [1.165, 1.54) is 11.3 Å². The molecule has 0 bridgehead atoms. The van der Waals surface area contributed by atoms with E-state index in [4.69, 9.17) is 4.74 Å². The molecule has 1 aromatic heterocycles. The van der Waals surface area contributed by atoms with Gasteiger partial charge in [0.1, 0.15) is 6.04 Å². The smallest absolute Gasteiger partial charge is 0.328 e. The van der Waals surface area contributed by atoms with Crippen molar-refractivity contribution in [3.8, 4) is 0 Å². The predicted molar refractivity (Wildman–Crippen MR) is 96.5 cm³/mol. The normalized spacial score (nSPS) is 11.8. The second-order valence-corrected chi connectivity index (χ2v) is 6.51. The Kier molecular flexibility index (Phi) is 6.55. The lowest BCUT2D eigenvalue weighted by Gasteiger charge is -2.17. The van der Waals surface area contributed by atoms with Crippen molar-refractivity contribution in [2.45, 2.75) is 39.7 Å². The summed E-state index contributed by atoms with van der Waals surface area (Å²) in [5.41, 5.74) is 3.14. The van der Waals surface area contributed by atoms with Crippen molar-refractivity contribution in [1.82, 2.24) is 5.32 Å². The van der Waals surface area contributed by atoms with Crippen LogP contribution in [0.25, 0.3) is 0 Å². The van der Waals surface area contributed by atoms with E-state index in [0.29, 0.717) is 11.3 Å². The van der Waals surface area contributed by atoms with Gasteiger partial charge in [-0.2, -0.15) is 0 Å². The number of esters is 1. The average molecular weight is 345 g/mol. The van der Waals surface area contributed by atoms with Gasteiger partial charge in [0.2, 0.25) is 0 Å². The quantitative estimate of drug-likeness (QED) is 0.781. The number of ether oxygens (including phenoxy) is 1. The van der Waals surface area contributed by atoms with Crippen LogP contribution in [0.4, 0.5) is 0 Å². The van der Waals surface area contributed by atoms with Crippen molar-refractivity contribution < 1.29 is 14.3 Å². The molecule has 0 unspecified atom stereocenters. The highest BCUT2D eigenvalue weighted by atomic mass is 32.1. The molecule has 5 heteroatoms. The highest BCUT2D eigenvalue weighted by Crippen LogP contribution is 2.18. The zero-order valence-corrected chi connectivity index (χ0v) is 15.1. The molecule has 0 saturated carbocycles. The van der Waals surface area contributed by atoms with Crippen molar-refractivity contribution in [1.29, 1.82) is 0 Å². The van der Waals surface area contributed by atoms with Gasteiger partial charge in [-0.15, -0.1) is 11.3 Å². The average Bonchev–Trinajstić information content (AvgIpc) is 3.05. The second-order valence-electron chi connectivity index (χ2n) is 5.60. The first kappa shape index (κ1) is 18.2. The minimum Gasteiger partial charge on any atom is -0.464 e. The lowest BCUT2D eigenvalue weighted by atomic mass is 10.0. The van der Waals surface area contributed by atoms with Gasteiger partial charge in [0.15, 0.2) is 0 Å². The summed E-state index contributed by atoms with van der Waals surface area (Å²) < 4.78 is 5.12. The number of hydrogen-bond acceptors (Lipinski definition) is 4. The molecule has 1 aromatic carbocycles. The number of benzene rings is 1. The van der Waals surface area contributed by atoms with Crippen LogP contribution in [0.2, 0.25) is 0 Å². The van der Waals surface area contributed by atoms with Gasteiger partial charge in [0, 0.05) is 6.42 Å². The number of nitrogens with one attached hydrogen (secondary N) is 1. The SMILES string of the molecule is CCOC(=O)[C@H](Cc1ccc(C)cc1)NC(=O)c1sccc1CC. The lowest BCUT2D eigenvalue weighted by molar-refractivity contribution is -0.145. The molecule has 0 radical (unpaired) electrons. The fourth-order valence-electron chi connectivity index (χ4n) is 2.43. The maximum Gasteiger partial charge on any atom is 0.328 e. The van der Waals surface area contributed by atoms with Crippen molar-refractivity contribution in [3.63, 3.8) is 0 Å². The van der Waals surface area contributed by atoms with E-state index in [2.05, 4.69) is 5.32 Å². The molecule has 1 atom stereocenters. The van der Waals surface area contributed by atoms with Gasteiger partial charge >= 0.3 is 5.97 Å². The van der Waals surface area contributed by atoms with Gasteiger partial charge in [-0.05, 0) is 42.8 Å². The van der Waals surface area contributed by atoms with Gasteiger partial charge in [-0.25, -0.2) is 4.79 Å². The Morgan fingerprint density at radius 2 is 1.88 bits per heavy atom. The largest absolute Gasteiger partial charge is 0.464 e. The monoisotopic (exact) mass is 345 g/mol. The van der Waals surface area contributed by atoms with Gasteiger partial charge in [-0.3, -0.25) is 4.79 Å². The van der Waals surface area contributed by atoms with E-state index in [9.17, 15) is 9.59 Å². The van der Waals surface area contributed by atoms with E-state index in [0.717, 1.165) is 23.1 Å². The molecule has 128 valence electrons. The second kappa shape index (κ2) is 8.64. The number of aryl methyl sites for hydroxylation is 2. The maximum atomic E-state index is 12.5. The Hall–Kier alpha value is -2.14. The fraction of sp³-hybridized carbons (Fsp3) is 0.368. The Balaban J connectivity index is 2.15. The summed E-state index contributed by atoms with van der Waals surface area (Å²) in [6, 6.07) is 9.18. The van der Waals surface area contributed by atoms with Crippen LogP contribution in [-0.4, -0.2) is 24.5 Å². The van der Waals surface area contributed by atoms with Crippen molar-refractivity contribution in [2.75, 3.05) is 6.61 Å². The molecule has 0 aliphatic heterocycles.